The number of nitrogens with one attached hydrogen (secondary N) is 1. The molecule has 0 aliphatic rings. The molecule has 0 aromatic rings. The SMILES string of the molecule is CNC(=O)ON=C(C)CSC(F)(F)F. The van der Waals surface area contributed by atoms with Gasteiger partial charge in [0.05, 0.1) is 5.71 Å². The third-order valence-electron chi connectivity index (χ3n) is 0.933. The van der Waals surface area contributed by atoms with Crippen molar-refractivity contribution in [1.29, 1.82) is 0 Å². The van der Waals surface area contributed by atoms with Gasteiger partial charge in [0.25, 0.3) is 0 Å². The molecule has 0 bridgehead atoms. The van der Waals surface area contributed by atoms with Crippen molar-refractivity contribution in [3.8, 4) is 0 Å². The quantitative estimate of drug-likeness (QED) is 0.458. The molecule has 0 aliphatic heterocycles. The molecule has 0 atom stereocenters. The van der Waals surface area contributed by atoms with Gasteiger partial charge in [-0.1, -0.05) is 5.16 Å². The maximum atomic E-state index is 11.7. The number of nitrogens with zero attached hydrogens (tertiary/aromatic N) is 1. The molecule has 0 aromatic carbocycles. The van der Waals surface area contributed by atoms with Crippen LogP contribution in [0, 0.1) is 0 Å². The van der Waals surface area contributed by atoms with Gasteiger partial charge < -0.3 is 5.32 Å². The first-order valence-corrected chi connectivity index (χ1v) is 4.46. The van der Waals surface area contributed by atoms with E-state index in [9.17, 15) is 18.0 Å². The second-order valence-electron chi connectivity index (χ2n) is 2.19. The van der Waals surface area contributed by atoms with Gasteiger partial charge in [0.15, 0.2) is 0 Å². The van der Waals surface area contributed by atoms with Crippen LogP contribution in [0.1, 0.15) is 6.92 Å². The molecule has 0 heterocycles. The highest BCUT2D eigenvalue weighted by Gasteiger charge is 2.28. The molecular formula is C6H9F3N2O2S. The Morgan fingerprint density at radius 3 is 2.57 bits per heavy atom. The summed E-state index contributed by atoms with van der Waals surface area (Å²) >= 11 is -0.242. The summed E-state index contributed by atoms with van der Waals surface area (Å²) in [6, 6.07) is 0. The lowest BCUT2D eigenvalue weighted by Crippen LogP contribution is -2.17. The van der Waals surface area contributed by atoms with E-state index in [0.717, 1.165) is 0 Å². The van der Waals surface area contributed by atoms with Crippen LogP contribution in [0.5, 0.6) is 0 Å². The summed E-state index contributed by atoms with van der Waals surface area (Å²) in [7, 11) is 1.32. The van der Waals surface area contributed by atoms with Crippen molar-refractivity contribution >= 4 is 23.6 Å². The molecular weight excluding hydrogens is 221 g/mol. The van der Waals surface area contributed by atoms with E-state index in [4.69, 9.17) is 0 Å². The largest absolute Gasteiger partial charge is 0.442 e. The van der Waals surface area contributed by atoms with Crippen LogP contribution < -0.4 is 5.32 Å². The highest BCUT2D eigenvalue weighted by Crippen LogP contribution is 2.29. The molecule has 4 nitrogen and oxygen atoms in total. The molecule has 0 aromatic heterocycles. The first-order chi connectivity index (χ1) is 6.35. The molecule has 82 valence electrons. The Morgan fingerprint density at radius 2 is 2.14 bits per heavy atom. The zero-order valence-corrected chi connectivity index (χ0v) is 8.33. The van der Waals surface area contributed by atoms with Gasteiger partial charge in [0.2, 0.25) is 0 Å². The van der Waals surface area contributed by atoms with E-state index in [2.05, 4.69) is 15.3 Å². The molecule has 0 saturated carbocycles. The lowest BCUT2D eigenvalue weighted by molar-refractivity contribution is -0.0325. The molecule has 1 N–H and O–H groups in total. The van der Waals surface area contributed by atoms with Crippen LogP contribution in [0.25, 0.3) is 0 Å². The van der Waals surface area contributed by atoms with Gasteiger partial charge in [0.1, 0.15) is 0 Å². The second kappa shape index (κ2) is 5.74. The fraction of sp³-hybridized carbons (Fsp3) is 0.667. The third kappa shape index (κ3) is 7.71. The molecule has 14 heavy (non-hydrogen) atoms. The van der Waals surface area contributed by atoms with Crippen LogP contribution in [0.15, 0.2) is 5.16 Å². The first kappa shape index (κ1) is 13.1. The minimum absolute atomic E-state index is 0.0796. The Labute approximate surface area is 82.9 Å². The van der Waals surface area contributed by atoms with Gasteiger partial charge in [-0.3, -0.25) is 4.84 Å². The Hall–Kier alpha value is -0.920. The number of rotatable bonds is 3. The minimum Gasteiger partial charge on any atom is -0.323 e. The molecule has 0 radical (unpaired) electrons. The Kier molecular flexibility index (Phi) is 5.36. The average Bonchev–Trinajstić information content (AvgIpc) is 2.09. The Bertz CT molecular complexity index is 230. The topological polar surface area (TPSA) is 50.7 Å². The van der Waals surface area contributed by atoms with Crippen molar-refractivity contribution in [3.05, 3.63) is 0 Å². The molecule has 0 saturated heterocycles. The monoisotopic (exact) mass is 230 g/mol. The Balaban J connectivity index is 3.84. The van der Waals surface area contributed by atoms with E-state index in [1.165, 1.54) is 14.0 Å². The number of hydrogen-bond acceptors (Lipinski definition) is 4. The maximum absolute atomic E-state index is 11.7. The minimum atomic E-state index is -4.30. The number of oxime groups is 1. The molecule has 0 unspecified atom stereocenters. The fourth-order valence-corrected chi connectivity index (χ4v) is 0.803. The van der Waals surface area contributed by atoms with Gasteiger partial charge in [0, 0.05) is 12.8 Å². The summed E-state index contributed by atoms with van der Waals surface area (Å²) in [5.41, 5.74) is -4.22. The van der Waals surface area contributed by atoms with Crippen molar-refractivity contribution in [1.82, 2.24) is 5.32 Å². The van der Waals surface area contributed by atoms with Crippen LogP contribution in [0.4, 0.5) is 18.0 Å². The third-order valence-corrected chi connectivity index (χ3v) is 1.82. The smallest absolute Gasteiger partial charge is 0.323 e. The van der Waals surface area contributed by atoms with E-state index in [1.54, 1.807) is 0 Å². The van der Waals surface area contributed by atoms with Crippen molar-refractivity contribution in [2.45, 2.75) is 12.4 Å². The molecule has 0 rings (SSSR count). The number of amides is 1. The van der Waals surface area contributed by atoms with Crippen LogP contribution in [0.3, 0.4) is 0 Å². The van der Waals surface area contributed by atoms with Gasteiger partial charge in [-0.05, 0) is 18.7 Å². The van der Waals surface area contributed by atoms with Crippen LogP contribution in [0.2, 0.25) is 0 Å². The summed E-state index contributed by atoms with van der Waals surface area (Å²) in [6.07, 6.45) is -0.818. The van der Waals surface area contributed by atoms with Crippen LogP contribution in [-0.4, -0.2) is 30.1 Å². The summed E-state index contributed by atoms with van der Waals surface area (Å²) in [4.78, 5) is 14.6. The Morgan fingerprint density at radius 1 is 1.57 bits per heavy atom. The maximum Gasteiger partial charge on any atom is 0.442 e. The van der Waals surface area contributed by atoms with Crippen LogP contribution in [-0.2, 0) is 4.84 Å². The average molecular weight is 230 g/mol. The standard InChI is InChI=1S/C6H9F3N2O2S/c1-4(3-14-6(7,8)9)11-13-5(12)10-2/h3H2,1-2H3,(H,10,12). The number of thioether (sulfide) groups is 1. The lowest BCUT2D eigenvalue weighted by atomic mass is 10.5. The first-order valence-electron chi connectivity index (χ1n) is 3.48. The second-order valence-corrected chi connectivity index (χ2v) is 3.23. The predicted molar refractivity (Wildman–Crippen MR) is 47.2 cm³/mol. The fourth-order valence-electron chi connectivity index (χ4n) is 0.378. The van der Waals surface area contributed by atoms with Gasteiger partial charge >= 0.3 is 11.6 Å². The van der Waals surface area contributed by atoms with E-state index in [1.807, 2.05) is 0 Å². The van der Waals surface area contributed by atoms with E-state index < -0.39 is 11.6 Å². The lowest BCUT2D eigenvalue weighted by Gasteiger charge is -2.04. The summed E-state index contributed by atoms with van der Waals surface area (Å²) < 4.78 is 35.0. The molecule has 8 heteroatoms. The molecule has 0 spiro atoms. The van der Waals surface area contributed by atoms with Gasteiger partial charge in [-0.15, -0.1) is 0 Å². The molecule has 0 aliphatic carbocycles. The normalized spacial score (nSPS) is 12.5. The van der Waals surface area contributed by atoms with E-state index in [0.29, 0.717) is 0 Å². The van der Waals surface area contributed by atoms with Crippen molar-refractivity contribution in [2.75, 3.05) is 12.8 Å². The summed E-state index contributed by atoms with van der Waals surface area (Å²) in [6.45, 7) is 1.34. The number of carbonyl (C=O) groups excluding carboxylic acids is 1. The zero-order chi connectivity index (χ0) is 11.2. The van der Waals surface area contributed by atoms with Crippen molar-refractivity contribution < 1.29 is 22.8 Å². The number of alkyl halides is 3. The highest BCUT2D eigenvalue weighted by atomic mass is 32.2. The van der Waals surface area contributed by atoms with Crippen molar-refractivity contribution in [3.63, 3.8) is 0 Å². The van der Waals surface area contributed by atoms with E-state index in [-0.39, 0.29) is 23.2 Å². The van der Waals surface area contributed by atoms with Crippen LogP contribution >= 0.6 is 11.8 Å². The van der Waals surface area contributed by atoms with Gasteiger partial charge in [-0.25, -0.2) is 4.79 Å². The van der Waals surface area contributed by atoms with Gasteiger partial charge in [-0.2, -0.15) is 13.2 Å². The number of hydrogen-bond donors (Lipinski definition) is 1. The van der Waals surface area contributed by atoms with E-state index >= 15 is 0 Å². The summed E-state index contributed by atoms with van der Waals surface area (Å²) in [5, 5.41) is 5.28. The number of halogens is 3. The highest BCUT2D eigenvalue weighted by molar-refractivity contribution is 8.00. The van der Waals surface area contributed by atoms with Crippen molar-refractivity contribution in [2.24, 2.45) is 5.16 Å². The zero-order valence-electron chi connectivity index (χ0n) is 7.51. The predicted octanol–water partition coefficient (Wildman–Crippen LogP) is 1.97. The number of carbonyl (C=O) groups is 1. The summed E-state index contributed by atoms with van der Waals surface area (Å²) in [5.74, 6) is -0.361. The molecule has 0 fully saturated rings. The molecule has 1 amide bonds.